The van der Waals surface area contributed by atoms with E-state index in [9.17, 15) is 13.2 Å². The number of amides is 1. The molecule has 8 heteroatoms. The van der Waals surface area contributed by atoms with E-state index in [-0.39, 0.29) is 27.4 Å². The Kier molecular flexibility index (Phi) is 6.51. The van der Waals surface area contributed by atoms with Gasteiger partial charge >= 0.3 is 0 Å². The van der Waals surface area contributed by atoms with Gasteiger partial charge in [-0.25, -0.2) is 8.42 Å². The molecule has 1 aliphatic rings. The first-order valence-electron chi connectivity index (χ1n) is 9.55. The van der Waals surface area contributed by atoms with Crippen LogP contribution in [0.15, 0.2) is 41.3 Å². The van der Waals surface area contributed by atoms with E-state index in [0.717, 1.165) is 37.1 Å². The maximum atomic E-state index is 12.8. The highest BCUT2D eigenvalue weighted by Crippen LogP contribution is 2.24. The molecule has 0 unspecified atom stereocenters. The number of piperidine rings is 1. The van der Waals surface area contributed by atoms with Crippen molar-refractivity contribution in [1.82, 2.24) is 10.2 Å². The number of anilines is 1. The van der Waals surface area contributed by atoms with Crippen molar-refractivity contribution in [2.75, 3.05) is 24.9 Å². The number of rotatable bonds is 5. The number of carbonyl (C=O) groups excluding carboxylic acids is 1. The van der Waals surface area contributed by atoms with E-state index in [2.05, 4.69) is 14.9 Å². The molecule has 29 heavy (non-hydrogen) atoms. The molecule has 156 valence electrons. The SMILES string of the molecule is Cc1ccc(NS(=O)(=O)c2ccc(Cl)c(C(=O)NC3CCN(C)CC3)c2)cc1C. The van der Waals surface area contributed by atoms with Gasteiger partial charge in [0.1, 0.15) is 0 Å². The van der Waals surface area contributed by atoms with Gasteiger partial charge in [0.15, 0.2) is 0 Å². The van der Waals surface area contributed by atoms with Crippen LogP contribution in [0.5, 0.6) is 0 Å². The second kappa shape index (κ2) is 8.73. The number of benzene rings is 2. The van der Waals surface area contributed by atoms with E-state index < -0.39 is 10.0 Å². The van der Waals surface area contributed by atoms with Crippen LogP contribution in [-0.4, -0.2) is 45.4 Å². The molecule has 0 spiro atoms. The second-order valence-electron chi connectivity index (χ2n) is 7.60. The van der Waals surface area contributed by atoms with Crippen molar-refractivity contribution in [2.45, 2.75) is 37.6 Å². The van der Waals surface area contributed by atoms with Crippen molar-refractivity contribution < 1.29 is 13.2 Å². The van der Waals surface area contributed by atoms with E-state index in [4.69, 9.17) is 11.6 Å². The molecule has 3 rings (SSSR count). The van der Waals surface area contributed by atoms with Gasteiger partial charge in [-0.1, -0.05) is 17.7 Å². The molecule has 6 nitrogen and oxygen atoms in total. The second-order valence-corrected chi connectivity index (χ2v) is 9.69. The van der Waals surface area contributed by atoms with Crippen LogP contribution in [0.25, 0.3) is 0 Å². The molecule has 0 bridgehead atoms. The Morgan fingerprint density at radius 2 is 1.76 bits per heavy atom. The van der Waals surface area contributed by atoms with Gasteiger partial charge in [0.2, 0.25) is 0 Å². The number of halogens is 1. The third-order valence-electron chi connectivity index (χ3n) is 5.31. The van der Waals surface area contributed by atoms with Crippen LogP contribution in [0.4, 0.5) is 5.69 Å². The predicted octanol–water partition coefficient (Wildman–Crippen LogP) is 3.58. The number of sulfonamides is 1. The summed E-state index contributed by atoms with van der Waals surface area (Å²) in [5, 5.41) is 3.20. The lowest BCUT2D eigenvalue weighted by Gasteiger charge is -2.29. The highest BCUT2D eigenvalue weighted by atomic mass is 35.5. The van der Waals surface area contributed by atoms with Crippen LogP contribution in [0.1, 0.15) is 34.3 Å². The molecule has 0 atom stereocenters. The van der Waals surface area contributed by atoms with Gasteiger partial charge in [-0.2, -0.15) is 0 Å². The fraction of sp³-hybridized carbons (Fsp3) is 0.381. The summed E-state index contributed by atoms with van der Waals surface area (Å²) in [6, 6.07) is 9.58. The van der Waals surface area contributed by atoms with Crippen LogP contribution >= 0.6 is 11.6 Å². The minimum absolute atomic E-state index is 0.00587. The first-order chi connectivity index (χ1) is 13.7. The number of nitrogens with zero attached hydrogens (tertiary/aromatic N) is 1. The first-order valence-corrected chi connectivity index (χ1v) is 11.4. The maximum absolute atomic E-state index is 12.8. The van der Waals surface area contributed by atoms with Crippen molar-refractivity contribution in [2.24, 2.45) is 0 Å². The van der Waals surface area contributed by atoms with E-state index >= 15 is 0 Å². The lowest BCUT2D eigenvalue weighted by Crippen LogP contribution is -2.43. The largest absolute Gasteiger partial charge is 0.349 e. The van der Waals surface area contributed by atoms with Crippen molar-refractivity contribution >= 4 is 33.2 Å². The molecule has 0 aromatic heterocycles. The summed E-state index contributed by atoms with van der Waals surface area (Å²) in [6.07, 6.45) is 1.71. The average Bonchev–Trinajstić information content (AvgIpc) is 2.66. The predicted molar refractivity (Wildman–Crippen MR) is 116 cm³/mol. The lowest BCUT2D eigenvalue weighted by atomic mass is 10.0. The molecule has 0 aliphatic carbocycles. The van der Waals surface area contributed by atoms with Crippen LogP contribution in [0.2, 0.25) is 5.02 Å². The van der Waals surface area contributed by atoms with Crippen LogP contribution < -0.4 is 10.0 Å². The monoisotopic (exact) mass is 435 g/mol. The zero-order valence-corrected chi connectivity index (χ0v) is 18.4. The molecular weight excluding hydrogens is 410 g/mol. The zero-order chi connectivity index (χ0) is 21.2. The van der Waals surface area contributed by atoms with Crippen LogP contribution in [0, 0.1) is 13.8 Å². The molecule has 1 heterocycles. The molecular formula is C21H26ClN3O3S. The summed E-state index contributed by atoms with van der Waals surface area (Å²) in [5.74, 6) is -0.354. The Bertz CT molecular complexity index is 1020. The van der Waals surface area contributed by atoms with Crippen molar-refractivity contribution in [3.63, 3.8) is 0 Å². The maximum Gasteiger partial charge on any atom is 0.261 e. The smallest absolute Gasteiger partial charge is 0.261 e. The Morgan fingerprint density at radius 3 is 2.41 bits per heavy atom. The van der Waals surface area contributed by atoms with E-state index in [0.29, 0.717) is 5.69 Å². The lowest BCUT2D eigenvalue weighted by molar-refractivity contribution is 0.0917. The van der Waals surface area contributed by atoms with Crippen molar-refractivity contribution in [1.29, 1.82) is 0 Å². The molecule has 1 fully saturated rings. The minimum atomic E-state index is -3.85. The third kappa shape index (κ3) is 5.29. The fourth-order valence-electron chi connectivity index (χ4n) is 3.28. The molecule has 2 aromatic carbocycles. The highest BCUT2D eigenvalue weighted by molar-refractivity contribution is 7.92. The van der Waals surface area contributed by atoms with Crippen molar-refractivity contribution in [3.05, 3.63) is 58.1 Å². The summed E-state index contributed by atoms with van der Waals surface area (Å²) in [4.78, 5) is 14.9. The van der Waals surface area contributed by atoms with Crippen molar-refractivity contribution in [3.8, 4) is 0 Å². The standard InChI is InChI=1S/C21H26ClN3O3S/c1-14-4-5-17(12-15(14)2)24-29(27,28)18-6-7-20(22)19(13-18)21(26)23-16-8-10-25(3)11-9-16/h4-7,12-13,16,24H,8-11H2,1-3H3,(H,23,26). The number of hydrogen-bond donors (Lipinski definition) is 2. The number of hydrogen-bond acceptors (Lipinski definition) is 4. The van der Waals surface area contributed by atoms with Crippen LogP contribution in [-0.2, 0) is 10.0 Å². The minimum Gasteiger partial charge on any atom is -0.349 e. The number of carbonyl (C=O) groups is 1. The normalized spacial score (nSPS) is 15.9. The fourth-order valence-corrected chi connectivity index (χ4v) is 4.56. The van der Waals surface area contributed by atoms with Crippen LogP contribution in [0.3, 0.4) is 0 Å². The van der Waals surface area contributed by atoms with Gasteiger partial charge in [0.05, 0.1) is 15.5 Å². The van der Waals surface area contributed by atoms with Gasteiger partial charge < -0.3 is 10.2 Å². The number of nitrogens with one attached hydrogen (secondary N) is 2. The molecule has 1 aliphatic heterocycles. The molecule has 0 saturated carbocycles. The third-order valence-corrected chi connectivity index (χ3v) is 7.01. The molecule has 1 saturated heterocycles. The molecule has 2 aromatic rings. The van der Waals surface area contributed by atoms with E-state index in [1.54, 1.807) is 12.1 Å². The number of aryl methyl sites for hydroxylation is 2. The Labute approximate surface area is 177 Å². The molecule has 2 N–H and O–H groups in total. The summed E-state index contributed by atoms with van der Waals surface area (Å²) in [5.41, 5.74) is 2.70. The Morgan fingerprint density at radius 1 is 1.07 bits per heavy atom. The van der Waals surface area contributed by atoms with Gasteiger partial charge in [0, 0.05) is 11.7 Å². The summed E-state index contributed by atoms with van der Waals surface area (Å²) in [6.45, 7) is 5.70. The zero-order valence-electron chi connectivity index (χ0n) is 16.8. The van der Waals surface area contributed by atoms with E-state index in [1.807, 2.05) is 27.0 Å². The molecule has 1 amide bonds. The quantitative estimate of drug-likeness (QED) is 0.752. The van der Waals surface area contributed by atoms with Gasteiger partial charge in [-0.3, -0.25) is 9.52 Å². The topological polar surface area (TPSA) is 78.5 Å². The summed E-state index contributed by atoms with van der Waals surface area (Å²) < 4.78 is 28.2. The van der Waals surface area contributed by atoms with Gasteiger partial charge in [-0.05, 0) is 88.3 Å². The highest BCUT2D eigenvalue weighted by Gasteiger charge is 2.23. The summed E-state index contributed by atoms with van der Waals surface area (Å²) >= 11 is 6.20. The summed E-state index contributed by atoms with van der Waals surface area (Å²) in [7, 11) is -1.80. The van der Waals surface area contributed by atoms with Gasteiger partial charge in [-0.15, -0.1) is 0 Å². The first kappa shape index (κ1) is 21.6. The number of likely N-dealkylation sites (tertiary alicyclic amines) is 1. The van der Waals surface area contributed by atoms with E-state index in [1.165, 1.54) is 18.2 Å². The van der Waals surface area contributed by atoms with Gasteiger partial charge in [0.25, 0.3) is 15.9 Å². The Hall–Kier alpha value is -2.09. The molecule has 0 radical (unpaired) electrons. The average molecular weight is 436 g/mol. The Balaban J connectivity index is 1.79.